The first-order valence-corrected chi connectivity index (χ1v) is 12.3. The van der Waals surface area contributed by atoms with Crippen LogP contribution in [0.1, 0.15) is 56.1 Å². The van der Waals surface area contributed by atoms with Crippen LogP contribution in [0.4, 0.5) is 10.1 Å². The van der Waals surface area contributed by atoms with Crippen molar-refractivity contribution in [3.05, 3.63) is 63.4 Å². The number of benzene rings is 2. The average molecular weight is 504 g/mol. The quantitative estimate of drug-likeness (QED) is 0.548. The number of anilines is 1. The molecule has 2 unspecified atom stereocenters. The summed E-state index contributed by atoms with van der Waals surface area (Å²) in [5.41, 5.74) is -0.247. The Hall–Kier alpha value is -2.64. The fourth-order valence-corrected chi connectivity index (χ4v) is 5.92. The van der Waals surface area contributed by atoms with Gasteiger partial charge in [0.1, 0.15) is 5.82 Å². The SMILES string of the molecule is CCOC(=O)C1=NN(C2CCCCC2)C2(C(=O)Nc3cc(Cl)ccc32)C1c1cccc(Cl)c1F. The minimum atomic E-state index is -1.48. The zero-order valence-electron chi connectivity index (χ0n) is 18.6. The van der Waals surface area contributed by atoms with Crippen LogP contribution in [0.5, 0.6) is 0 Å². The van der Waals surface area contributed by atoms with Crippen molar-refractivity contribution in [2.45, 2.75) is 56.5 Å². The predicted octanol–water partition coefficient (Wildman–Crippen LogP) is 5.63. The Bertz CT molecular complexity index is 1200. The van der Waals surface area contributed by atoms with Crippen molar-refractivity contribution in [1.29, 1.82) is 0 Å². The van der Waals surface area contributed by atoms with Crippen LogP contribution in [0.15, 0.2) is 41.5 Å². The molecule has 1 N–H and O–H groups in total. The molecule has 0 radical (unpaired) electrons. The van der Waals surface area contributed by atoms with E-state index in [1.165, 1.54) is 6.07 Å². The molecule has 2 heterocycles. The fourth-order valence-electron chi connectivity index (χ4n) is 5.56. The Kier molecular flexibility index (Phi) is 6.02. The summed E-state index contributed by atoms with van der Waals surface area (Å²) in [5, 5.41) is 9.75. The van der Waals surface area contributed by atoms with Crippen molar-refractivity contribution in [1.82, 2.24) is 5.01 Å². The molecule has 1 fully saturated rings. The Morgan fingerprint density at radius 3 is 2.74 bits per heavy atom. The monoisotopic (exact) mass is 503 g/mol. The number of carbonyl (C=O) groups excluding carboxylic acids is 2. The second kappa shape index (κ2) is 8.86. The minimum Gasteiger partial charge on any atom is -0.461 e. The summed E-state index contributed by atoms with van der Waals surface area (Å²) >= 11 is 12.4. The van der Waals surface area contributed by atoms with E-state index >= 15 is 4.39 Å². The number of ether oxygens (including phenoxy) is 1. The lowest BCUT2D eigenvalue weighted by Crippen LogP contribution is -2.54. The largest absolute Gasteiger partial charge is 0.461 e. The summed E-state index contributed by atoms with van der Waals surface area (Å²) < 4.78 is 20.9. The second-order valence-electron chi connectivity index (χ2n) is 8.83. The number of fused-ring (bicyclic) bond motifs is 2. The van der Waals surface area contributed by atoms with E-state index in [9.17, 15) is 9.59 Å². The molecule has 178 valence electrons. The number of rotatable bonds is 4. The summed E-state index contributed by atoms with van der Waals surface area (Å²) in [6, 6.07) is 9.60. The number of hydrazone groups is 1. The molecule has 2 atom stereocenters. The highest BCUT2D eigenvalue weighted by Gasteiger charge is 2.65. The molecule has 0 aromatic heterocycles. The number of carbonyl (C=O) groups is 2. The molecule has 2 aromatic rings. The van der Waals surface area contributed by atoms with E-state index in [-0.39, 0.29) is 34.9 Å². The van der Waals surface area contributed by atoms with E-state index in [0.29, 0.717) is 16.3 Å². The first-order chi connectivity index (χ1) is 16.4. The van der Waals surface area contributed by atoms with Gasteiger partial charge in [-0.15, -0.1) is 0 Å². The van der Waals surface area contributed by atoms with Crippen LogP contribution in [0.3, 0.4) is 0 Å². The lowest BCUT2D eigenvalue weighted by molar-refractivity contribution is -0.135. The van der Waals surface area contributed by atoms with Crippen LogP contribution < -0.4 is 5.32 Å². The molecule has 6 nitrogen and oxygen atoms in total. The van der Waals surface area contributed by atoms with Crippen LogP contribution in [0.25, 0.3) is 0 Å². The number of hydrogen-bond acceptors (Lipinski definition) is 5. The van der Waals surface area contributed by atoms with Gasteiger partial charge in [0.05, 0.1) is 17.5 Å². The van der Waals surface area contributed by atoms with Crippen molar-refractivity contribution < 1.29 is 18.7 Å². The molecule has 1 spiro atoms. The van der Waals surface area contributed by atoms with Gasteiger partial charge in [-0.1, -0.05) is 60.7 Å². The zero-order chi connectivity index (χ0) is 24.0. The van der Waals surface area contributed by atoms with Crippen molar-refractivity contribution in [3.63, 3.8) is 0 Å². The Morgan fingerprint density at radius 1 is 1.24 bits per heavy atom. The van der Waals surface area contributed by atoms with Gasteiger partial charge >= 0.3 is 5.97 Å². The molecule has 34 heavy (non-hydrogen) atoms. The van der Waals surface area contributed by atoms with E-state index in [1.54, 1.807) is 42.3 Å². The van der Waals surface area contributed by atoms with Crippen molar-refractivity contribution in [3.8, 4) is 0 Å². The van der Waals surface area contributed by atoms with E-state index < -0.39 is 23.2 Å². The first kappa shape index (κ1) is 23.1. The van der Waals surface area contributed by atoms with Crippen LogP contribution in [-0.4, -0.2) is 35.2 Å². The Morgan fingerprint density at radius 2 is 2.00 bits per heavy atom. The molecule has 0 saturated heterocycles. The first-order valence-electron chi connectivity index (χ1n) is 11.5. The van der Waals surface area contributed by atoms with Gasteiger partial charge in [-0.25, -0.2) is 9.18 Å². The summed E-state index contributed by atoms with van der Waals surface area (Å²) in [6.45, 7) is 1.81. The lowest BCUT2D eigenvalue weighted by atomic mass is 9.72. The number of nitrogens with one attached hydrogen (secondary N) is 1. The maximum Gasteiger partial charge on any atom is 0.355 e. The number of hydrogen-bond donors (Lipinski definition) is 1. The van der Waals surface area contributed by atoms with E-state index in [0.717, 1.165) is 32.1 Å². The smallest absolute Gasteiger partial charge is 0.355 e. The van der Waals surface area contributed by atoms with Gasteiger partial charge in [-0.05, 0) is 38.0 Å². The average Bonchev–Trinajstić information content (AvgIpc) is 3.32. The number of nitrogens with zero attached hydrogens (tertiary/aromatic N) is 2. The molecule has 1 saturated carbocycles. The minimum absolute atomic E-state index is 0.00783. The number of amides is 1. The molecule has 0 bridgehead atoms. The van der Waals surface area contributed by atoms with Crippen LogP contribution in [0.2, 0.25) is 10.0 Å². The highest BCUT2D eigenvalue weighted by atomic mass is 35.5. The normalized spacial score (nSPS) is 24.2. The van der Waals surface area contributed by atoms with E-state index in [1.807, 2.05) is 0 Å². The maximum atomic E-state index is 15.5. The van der Waals surface area contributed by atoms with Crippen molar-refractivity contribution >= 4 is 46.5 Å². The summed E-state index contributed by atoms with van der Waals surface area (Å²) in [7, 11) is 0. The van der Waals surface area contributed by atoms with Gasteiger partial charge in [0, 0.05) is 27.9 Å². The molecule has 2 aromatic carbocycles. The third kappa shape index (κ3) is 3.40. The second-order valence-corrected chi connectivity index (χ2v) is 9.67. The molecular formula is C25H24Cl2FN3O3. The van der Waals surface area contributed by atoms with Gasteiger partial charge in [0.25, 0.3) is 5.91 Å². The number of esters is 1. The summed E-state index contributed by atoms with van der Waals surface area (Å²) in [4.78, 5) is 27.1. The van der Waals surface area contributed by atoms with Crippen LogP contribution in [0, 0.1) is 5.82 Å². The van der Waals surface area contributed by atoms with Crippen LogP contribution >= 0.6 is 23.2 Å². The predicted molar refractivity (Wildman–Crippen MR) is 129 cm³/mol. The molecule has 3 aliphatic rings. The molecule has 1 amide bonds. The molecule has 9 heteroatoms. The van der Waals surface area contributed by atoms with Gasteiger partial charge in [0.15, 0.2) is 11.3 Å². The zero-order valence-corrected chi connectivity index (χ0v) is 20.1. The van der Waals surface area contributed by atoms with Crippen molar-refractivity contribution in [2.24, 2.45) is 5.10 Å². The maximum absolute atomic E-state index is 15.5. The third-order valence-corrected chi connectivity index (χ3v) is 7.48. The Balaban J connectivity index is 1.80. The highest BCUT2D eigenvalue weighted by Crippen LogP contribution is 2.56. The fraction of sp³-hybridized carbons (Fsp3) is 0.400. The van der Waals surface area contributed by atoms with Gasteiger partial charge in [-0.3, -0.25) is 9.80 Å². The standard InChI is InChI=1S/C25H24Cl2FN3O3/c1-2-34-23(32)22-20(16-9-6-10-18(27)21(16)28)25(31(30-22)15-7-4-3-5-8-15)17-12-11-14(26)13-19(17)29-24(25)33/h6,9-13,15,20H,2-5,7-8H2,1H3,(H,29,33). The van der Waals surface area contributed by atoms with E-state index in [2.05, 4.69) is 5.32 Å². The molecule has 2 aliphatic heterocycles. The van der Waals surface area contributed by atoms with Crippen molar-refractivity contribution in [2.75, 3.05) is 11.9 Å². The van der Waals surface area contributed by atoms with E-state index in [4.69, 9.17) is 33.0 Å². The van der Waals surface area contributed by atoms with Crippen LogP contribution in [-0.2, 0) is 19.9 Å². The summed E-state index contributed by atoms with van der Waals surface area (Å²) in [5.74, 6) is -2.82. The van der Waals surface area contributed by atoms with Gasteiger partial charge < -0.3 is 10.1 Å². The topological polar surface area (TPSA) is 71.0 Å². The third-order valence-electron chi connectivity index (χ3n) is 6.95. The molecule has 1 aliphatic carbocycles. The lowest BCUT2D eigenvalue weighted by Gasteiger charge is -2.42. The highest BCUT2D eigenvalue weighted by molar-refractivity contribution is 6.41. The number of halogens is 3. The molecular weight excluding hydrogens is 480 g/mol. The Labute approximate surface area is 207 Å². The van der Waals surface area contributed by atoms with Gasteiger partial charge in [0.2, 0.25) is 0 Å². The van der Waals surface area contributed by atoms with Gasteiger partial charge in [-0.2, -0.15) is 5.10 Å². The summed E-state index contributed by atoms with van der Waals surface area (Å²) in [6.07, 6.45) is 4.67. The molecule has 5 rings (SSSR count).